The van der Waals surface area contributed by atoms with E-state index in [1.54, 1.807) is 0 Å². The van der Waals surface area contributed by atoms with Crippen molar-refractivity contribution in [2.45, 2.75) is 43.4 Å². The van der Waals surface area contributed by atoms with Gasteiger partial charge in [0.15, 0.2) is 0 Å². The van der Waals surface area contributed by atoms with Crippen molar-refractivity contribution in [3.63, 3.8) is 0 Å². The molecule has 1 fully saturated rings. The highest BCUT2D eigenvalue weighted by Crippen LogP contribution is 2.56. The van der Waals surface area contributed by atoms with Gasteiger partial charge in [0.25, 0.3) is 0 Å². The van der Waals surface area contributed by atoms with E-state index >= 15 is 0 Å². The summed E-state index contributed by atoms with van der Waals surface area (Å²) in [4.78, 5) is 2.47. The van der Waals surface area contributed by atoms with Crippen molar-refractivity contribution in [2.24, 2.45) is 0 Å². The minimum atomic E-state index is -0.469. The monoisotopic (exact) mass is 783 g/mol. The standard InChI is InChI=1S/C59H45NO/c1-3-17-40(18-4-1)46-27-15-19-41-20-16-28-51(58(41)46)49-25-9-13-31-55(49)60(45-37-38-57-52(39-45)50-26-10-14-32-56(50)61-57)44-35-33-43(34-36-44)59(42-21-5-2-6-22-42)53-29-11-7-23-47(53)48-24-8-12-30-54(48)59/h2,5-16,19-40H,1,3-4,17-18H2. The largest absolute Gasteiger partial charge is 0.456 e. The zero-order valence-corrected chi connectivity index (χ0v) is 34.1. The molecular weight excluding hydrogens is 739 g/mol. The summed E-state index contributed by atoms with van der Waals surface area (Å²) in [5, 5.41) is 4.93. The van der Waals surface area contributed by atoms with Crippen LogP contribution in [0.25, 0.3) is 55.0 Å². The van der Waals surface area contributed by atoms with Crippen molar-refractivity contribution in [1.82, 2.24) is 0 Å². The maximum absolute atomic E-state index is 6.38. The molecule has 2 aliphatic carbocycles. The molecule has 0 amide bonds. The van der Waals surface area contributed by atoms with Crippen LogP contribution in [0.2, 0.25) is 0 Å². The molecule has 10 aromatic rings. The molecule has 0 N–H and O–H groups in total. The number of anilines is 3. The van der Waals surface area contributed by atoms with E-state index in [-0.39, 0.29) is 0 Å². The summed E-state index contributed by atoms with van der Waals surface area (Å²) in [5.41, 5.74) is 16.4. The average molecular weight is 784 g/mol. The van der Waals surface area contributed by atoms with E-state index in [4.69, 9.17) is 4.42 Å². The van der Waals surface area contributed by atoms with Gasteiger partial charge in [-0.1, -0.05) is 183 Å². The Morgan fingerprint density at radius 1 is 0.426 bits per heavy atom. The Balaban J connectivity index is 1.08. The maximum atomic E-state index is 6.38. The Morgan fingerprint density at radius 2 is 1.02 bits per heavy atom. The van der Waals surface area contributed by atoms with E-state index < -0.39 is 5.41 Å². The summed E-state index contributed by atoms with van der Waals surface area (Å²) in [6.45, 7) is 0. The van der Waals surface area contributed by atoms with Gasteiger partial charge in [0.05, 0.1) is 11.1 Å². The van der Waals surface area contributed by atoms with Gasteiger partial charge in [0.1, 0.15) is 11.2 Å². The fraction of sp³-hybridized carbons (Fsp3) is 0.119. The predicted octanol–water partition coefficient (Wildman–Crippen LogP) is 16.3. The maximum Gasteiger partial charge on any atom is 0.135 e. The molecule has 0 bridgehead atoms. The number of benzene rings is 9. The molecule has 2 heteroatoms. The topological polar surface area (TPSA) is 16.4 Å². The van der Waals surface area contributed by atoms with E-state index in [1.165, 1.54) is 92.9 Å². The van der Waals surface area contributed by atoms with Gasteiger partial charge in [-0.2, -0.15) is 0 Å². The summed E-state index contributed by atoms with van der Waals surface area (Å²) >= 11 is 0. The first kappa shape index (κ1) is 35.8. The SMILES string of the molecule is c1ccc(C2(c3ccc(N(c4ccc5oc6ccccc6c5c4)c4ccccc4-c4cccc5cccc(C6CCCCC6)c45)cc3)c3ccccc3-c3ccccc32)cc1. The average Bonchev–Trinajstić information content (AvgIpc) is 3.86. The highest BCUT2D eigenvalue weighted by molar-refractivity contribution is 6.08. The molecule has 0 saturated heterocycles. The van der Waals surface area contributed by atoms with E-state index in [9.17, 15) is 0 Å². The molecule has 1 saturated carbocycles. The molecule has 0 unspecified atom stereocenters. The Labute approximate surface area is 357 Å². The van der Waals surface area contributed by atoms with Gasteiger partial charge >= 0.3 is 0 Å². The van der Waals surface area contributed by atoms with E-state index in [0.717, 1.165) is 39.0 Å². The van der Waals surface area contributed by atoms with Crippen LogP contribution in [0.15, 0.2) is 211 Å². The first-order valence-corrected chi connectivity index (χ1v) is 22.0. The first-order valence-electron chi connectivity index (χ1n) is 22.0. The van der Waals surface area contributed by atoms with Crippen LogP contribution in [0.1, 0.15) is 65.8 Å². The van der Waals surface area contributed by atoms with Crippen LogP contribution < -0.4 is 4.90 Å². The minimum Gasteiger partial charge on any atom is -0.456 e. The molecule has 1 heterocycles. The van der Waals surface area contributed by atoms with Crippen LogP contribution in [0.3, 0.4) is 0 Å². The number of rotatable bonds is 7. The van der Waals surface area contributed by atoms with Gasteiger partial charge < -0.3 is 9.32 Å². The van der Waals surface area contributed by atoms with Gasteiger partial charge in [-0.25, -0.2) is 0 Å². The quantitative estimate of drug-likeness (QED) is 0.160. The van der Waals surface area contributed by atoms with Crippen LogP contribution in [0.4, 0.5) is 17.1 Å². The van der Waals surface area contributed by atoms with Crippen molar-refractivity contribution in [3.8, 4) is 22.3 Å². The Bertz CT molecular complexity index is 3190. The Kier molecular flexibility index (Phi) is 8.52. The van der Waals surface area contributed by atoms with Crippen LogP contribution >= 0.6 is 0 Å². The second-order valence-corrected chi connectivity index (χ2v) is 17.0. The van der Waals surface area contributed by atoms with Crippen molar-refractivity contribution < 1.29 is 4.42 Å². The van der Waals surface area contributed by atoms with Crippen LogP contribution in [0.5, 0.6) is 0 Å². The summed E-state index contributed by atoms with van der Waals surface area (Å²) in [6, 6.07) is 76.4. The van der Waals surface area contributed by atoms with Crippen molar-refractivity contribution in [1.29, 1.82) is 0 Å². The summed E-state index contributed by atoms with van der Waals surface area (Å²) in [6.07, 6.45) is 6.46. The zero-order chi connectivity index (χ0) is 40.3. The summed E-state index contributed by atoms with van der Waals surface area (Å²) in [7, 11) is 0. The van der Waals surface area contributed by atoms with Gasteiger partial charge in [-0.05, 0) is 117 Å². The van der Waals surface area contributed by atoms with Gasteiger partial charge in [-0.15, -0.1) is 0 Å². The second kappa shape index (κ2) is 14.5. The lowest BCUT2D eigenvalue weighted by atomic mass is 9.68. The Hall–Kier alpha value is -7.16. The smallest absolute Gasteiger partial charge is 0.135 e. The molecular formula is C59H45NO. The van der Waals surface area contributed by atoms with Crippen molar-refractivity contribution >= 4 is 49.8 Å². The fourth-order valence-electron chi connectivity index (χ4n) is 11.1. The number of hydrogen-bond acceptors (Lipinski definition) is 2. The van der Waals surface area contributed by atoms with Gasteiger partial charge in [0, 0.05) is 27.7 Å². The molecule has 2 aliphatic rings. The lowest BCUT2D eigenvalue weighted by Gasteiger charge is -2.34. The first-order chi connectivity index (χ1) is 30.3. The van der Waals surface area contributed by atoms with Gasteiger partial charge in [0.2, 0.25) is 0 Å². The molecule has 2 nitrogen and oxygen atoms in total. The zero-order valence-electron chi connectivity index (χ0n) is 34.1. The van der Waals surface area contributed by atoms with Crippen LogP contribution in [-0.2, 0) is 5.41 Å². The number of fused-ring (bicyclic) bond motifs is 7. The predicted molar refractivity (Wildman–Crippen MR) is 254 cm³/mol. The molecule has 0 atom stereocenters. The molecule has 292 valence electrons. The number of nitrogens with zero attached hydrogens (tertiary/aromatic N) is 1. The fourth-order valence-corrected chi connectivity index (χ4v) is 11.1. The summed E-state index contributed by atoms with van der Waals surface area (Å²) in [5.74, 6) is 0.578. The van der Waals surface area contributed by atoms with E-state index in [2.05, 4.69) is 205 Å². The number of furan rings is 1. The summed E-state index contributed by atoms with van der Waals surface area (Å²) < 4.78 is 6.38. The molecule has 9 aromatic carbocycles. The molecule has 12 rings (SSSR count). The number of hydrogen-bond donors (Lipinski definition) is 0. The molecule has 61 heavy (non-hydrogen) atoms. The third-order valence-electron chi connectivity index (χ3n) is 13.8. The lowest BCUT2D eigenvalue weighted by Crippen LogP contribution is -2.28. The number of para-hydroxylation sites is 2. The minimum absolute atomic E-state index is 0.469. The van der Waals surface area contributed by atoms with Crippen LogP contribution in [0, 0.1) is 0 Å². The van der Waals surface area contributed by atoms with Gasteiger partial charge in [-0.3, -0.25) is 0 Å². The van der Waals surface area contributed by atoms with Crippen LogP contribution in [-0.4, -0.2) is 0 Å². The molecule has 0 radical (unpaired) electrons. The molecule has 0 aliphatic heterocycles. The Morgan fingerprint density at radius 3 is 1.79 bits per heavy atom. The third kappa shape index (κ3) is 5.62. The van der Waals surface area contributed by atoms with E-state index in [1.807, 2.05) is 6.07 Å². The van der Waals surface area contributed by atoms with E-state index in [0.29, 0.717) is 5.92 Å². The third-order valence-corrected chi connectivity index (χ3v) is 13.8. The van der Waals surface area contributed by atoms with Crippen molar-refractivity contribution in [3.05, 3.63) is 234 Å². The highest BCUT2D eigenvalue weighted by Gasteiger charge is 2.45. The normalized spacial score (nSPS) is 14.6. The lowest BCUT2D eigenvalue weighted by molar-refractivity contribution is 0.445. The highest BCUT2D eigenvalue weighted by atomic mass is 16.3. The second-order valence-electron chi connectivity index (χ2n) is 17.0. The van der Waals surface area contributed by atoms with Crippen molar-refractivity contribution in [2.75, 3.05) is 4.90 Å². The molecule has 0 spiro atoms. The molecule has 1 aromatic heterocycles.